The fraction of sp³-hybridized carbons (Fsp3) is 0.693. The van der Waals surface area contributed by atoms with E-state index in [1.807, 2.05) is 0 Å². The summed E-state index contributed by atoms with van der Waals surface area (Å²) in [5.41, 5.74) is 0. The molecule has 0 fully saturated rings. The molecule has 81 heavy (non-hydrogen) atoms. The van der Waals surface area contributed by atoms with E-state index < -0.39 is 6.10 Å². The van der Waals surface area contributed by atoms with Crippen LogP contribution < -0.4 is 0 Å². The van der Waals surface area contributed by atoms with Gasteiger partial charge in [0.15, 0.2) is 6.10 Å². The Bertz CT molecular complexity index is 1670. The van der Waals surface area contributed by atoms with E-state index in [0.29, 0.717) is 19.3 Å². The average Bonchev–Trinajstić information content (AvgIpc) is 3.47. The molecular formula is C75H126O6. The van der Waals surface area contributed by atoms with Crippen molar-refractivity contribution in [2.24, 2.45) is 0 Å². The quantitative estimate of drug-likeness (QED) is 0.0261. The van der Waals surface area contributed by atoms with Gasteiger partial charge in [0, 0.05) is 19.3 Å². The Morgan fingerprint density at radius 2 is 0.481 bits per heavy atom. The summed E-state index contributed by atoms with van der Waals surface area (Å²) in [5.74, 6) is -0.892. The summed E-state index contributed by atoms with van der Waals surface area (Å²) in [5, 5.41) is 0. The fourth-order valence-electron chi connectivity index (χ4n) is 9.38. The number of esters is 3. The molecule has 0 heterocycles. The largest absolute Gasteiger partial charge is 0.462 e. The summed E-state index contributed by atoms with van der Waals surface area (Å²) in [4.78, 5) is 38.4. The molecule has 1 atom stereocenters. The Balaban J connectivity index is 4.26. The second-order valence-electron chi connectivity index (χ2n) is 22.3. The number of allylic oxidation sites excluding steroid dienone is 20. The summed E-state index contributed by atoms with van der Waals surface area (Å²) in [6.07, 6.45) is 95.1. The average molecular weight is 1120 g/mol. The zero-order valence-corrected chi connectivity index (χ0v) is 53.0. The van der Waals surface area contributed by atoms with Gasteiger partial charge in [0.25, 0.3) is 0 Å². The van der Waals surface area contributed by atoms with Crippen molar-refractivity contribution in [1.82, 2.24) is 0 Å². The van der Waals surface area contributed by atoms with Gasteiger partial charge in [-0.1, -0.05) is 296 Å². The molecule has 0 spiro atoms. The number of carbonyl (C=O) groups excluding carboxylic acids is 3. The molecule has 0 aromatic carbocycles. The van der Waals surface area contributed by atoms with E-state index in [4.69, 9.17) is 14.2 Å². The van der Waals surface area contributed by atoms with Crippen molar-refractivity contribution in [3.05, 3.63) is 122 Å². The first-order valence-electron chi connectivity index (χ1n) is 34.0. The van der Waals surface area contributed by atoms with Gasteiger partial charge in [0.05, 0.1) is 0 Å². The molecule has 0 radical (unpaired) electrons. The lowest BCUT2D eigenvalue weighted by atomic mass is 10.0. The van der Waals surface area contributed by atoms with Gasteiger partial charge in [0.1, 0.15) is 13.2 Å². The van der Waals surface area contributed by atoms with Gasteiger partial charge in [-0.2, -0.15) is 0 Å². The molecule has 0 rings (SSSR count). The van der Waals surface area contributed by atoms with Gasteiger partial charge in [-0.3, -0.25) is 14.4 Å². The molecule has 462 valence electrons. The second-order valence-corrected chi connectivity index (χ2v) is 22.3. The molecule has 0 aliphatic rings. The van der Waals surface area contributed by atoms with E-state index in [-0.39, 0.29) is 31.1 Å². The van der Waals surface area contributed by atoms with E-state index in [0.717, 1.165) is 128 Å². The summed E-state index contributed by atoms with van der Waals surface area (Å²) >= 11 is 0. The Morgan fingerprint density at radius 3 is 0.765 bits per heavy atom. The maximum Gasteiger partial charge on any atom is 0.306 e. The van der Waals surface area contributed by atoms with Gasteiger partial charge in [-0.15, -0.1) is 0 Å². The number of unbranched alkanes of at least 4 members (excludes halogenated alkanes) is 30. The zero-order chi connectivity index (χ0) is 58.5. The van der Waals surface area contributed by atoms with Crippen LogP contribution in [0.1, 0.15) is 316 Å². The fourth-order valence-corrected chi connectivity index (χ4v) is 9.38. The van der Waals surface area contributed by atoms with E-state index in [1.165, 1.54) is 148 Å². The SMILES string of the molecule is CC/C=C\C/C=C\C/C=C\C/C=C\C/C=C\CCCCCCCCCCCC(=O)OC(COC(=O)CCCCCCC/C=C\CCCC)COC(=O)CCCCCCCCCCCCCCCC/C=C\C/C=C\C/C=C\C/C=C\CC. The van der Waals surface area contributed by atoms with Crippen molar-refractivity contribution >= 4 is 17.9 Å². The van der Waals surface area contributed by atoms with Crippen LogP contribution in [-0.4, -0.2) is 37.2 Å². The Morgan fingerprint density at radius 1 is 0.259 bits per heavy atom. The van der Waals surface area contributed by atoms with Crippen molar-refractivity contribution < 1.29 is 28.6 Å². The highest BCUT2D eigenvalue weighted by Gasteiger charge is 2.19. The Hall–Kier alpha value is -4.19. The standard InChI is InChI=1S/C75H126O6/c1-4-7-10-13-16-19-22-24-26-28-30-32-34-36-37-39-40-42-44-46-48-50-53-56-59-62-65-68-74(77)80-71-72(70-79-73(76)67-64-61-58-55-52-21-18-15-12-9-6-3)81-75(78)69-66-63-60-57-54-51-49-47-45-43-41-38-35-33-31-29-27-25-23-20-17-14-11-8-5-2/h7-8,10-11,15-20,24-27,30-33,38,41,72H,4-6,9,12-14,21-23,28-29,34-37,39-40,42-71H2,1-3H3/b10-7-,11-8-,18-15-,19-16-,20-17-,26-24-,27-25-,32-30-,33-31-,41-38-. The van der Waals surface area contributed by atoms with E-state index in [1.54, 1.807) is 0 Å². The molecule has 0 saturated carbocycles. The maximum absolute atomic E-state index is 12.9. The molecule has 1 unspecified atom stereocenters. The van der Waals surface area contributed by atoms with Crippen LogP contribution in [0.2, 0.25) is 0 Å². The molecule has 0 N–H and O–H groups in total. The molecule has 0 aromatic heterocycles. The van der Waals surface area contributed by atoms with Crippen molar-refractivity contribution in [2.45, 2.75) is 322 Å². The zero-order valence-electron chi connectivity index (χ0n) is 53.0. The van der Waals surface area contributed by atoms with Gasteiger partial charge in [0.2, 0.25) is 0 Å². The minimum absolute atomic E-state index is 0.0836. The van der Waals surface area contributed by atoms with E-state index >= 15 is 0 Å². The normalized spacial score (nSPS) is 12.9. The van der Waals surface area contributed by atoms with Crippen molar-refractivity contribution in [3.63, 3.8) is 0 Å². The van der Waals surface area contributed by atoms with Crippen LogP contribution >= 0.6 is 0 Å². The highest BCUT2D eigenvalue weighted by atomic mass is 16.6. The van der Waals surface area contributed by atoms with Crippen LogP contribution in [-0.2, 0) is 28.6 Å². The first kappa shape index (κ1) is 76.8. The minimum atomic E-state index is -0.788. The maximum atomic E-state index is 12.9. The lowest BCUT2D eigenvalue weighted by molar-refractivity contribution is -0.167. The number of rotatable bonds is 61. The third-order valence-electron chi connectivity index (χ3n) is 14.4. The summed E-state index contributed by atoms with van der Waals surface area (Å²) in [6, 6.07) is 0. The minimum Gasteiger partial charge on any atom is -0.462 e. The summed E-state index contributed by atoms with van der Waals surface area (Å²) in [7, 11) is 0. The molecule has 0 aromatic rings. The molecule has 0 saturated heterocycles. The van der Waals surface area contributed by atoms with Gasteiger partial charge < -0.3 is 14.2 Å². The molecule has 6 nitrogen and oxygen atoms in total. The van der Waals surface area contributed by atoms with E-state index in [2.05, 4.69) is 142 Å². The first-order chi connectivity index (χ1) is 40.0. The molecule has 0 aliphatic carbocycles. The Kier molecular flexibility index (Phi) is 64.8. The first-order valence-corrected chi connectivity index (χ1v) is 34.0. The smallest absolute Gasteiger partial charge is 0.306 e. The predicted octanol–water partition coefficient (Wildman–Crippen LogP) is 23.6. The molecule has 0 bridgehead atoms. The van der Waals surface area contributed by atoms with Crippen LogP contribution in [0.3, 0.4) is 0 Å². The van der Waals surface area contributed by atoms with Crippen molar-refractivity contribution in [1.29, 1.82) is 0 Å². The number of ether oxygens (including phenoxy) is 3. The highest BCUT2D eigenvalue weighted by Crippen LogP contribution is 2.17. The highest BCUT2D eigenvalue weighted by molar-refractivity contribution is 5.71. The van der Waals surface area contributed by atoms with Crippen LogP contribution in [0.5, 0.6) is 0 Å². The molecule has 0 amide bonds. The van der Waals surface area contributed by atoms with Gasteiger partial charge in [-0.05, 0) is 122 Å². The monoisotopic (exact) mass is 1120 g/mol. The summed E-state index contributed by atoms with van der Waals surface area (Å²) in [6.45, 7) is 6.39. The van der Waals surface area contributed by atoms with Crippen LogP contribution in [0.4, 0.5) is 0 Å². The number of hydrogen-bond acceptors (Lipinski definition) is 6. The van der Waals surface area contributed by atoms with Crippen molar-refractivity contribution in [2.75, 3.05) is 13.2 Å². The number of carbonyl (C=O) groups is 3. The molecule has 6 heteroatoms. The third kappa shape index (κ3) is 66.5. The van der Waals surface area contributed by atoms with Crippen LogP contribution in [0, 0.1) is 0 Å². The van der Waals surface area contributed by atoms with E-state index in [9.17, 15) is 14.4 Å². The van der Waals surface area contributed by atoms with Crippen LogP contribution in [0.15, 0.2) is 122 Å². The lowest BCUT2D eigenvalue weighted by Gasteiger charge is -2.18. The Labute approximate surface area is 501 Å². The lowest BCUT2D eigenvalue weighted by Crippen LogP contribution is -2.30. The van der Waals surface area contributed by atoms with Gasteiger partial charge >= 0.3 is 17.9 Å². The van der Waals surface area contributed by atoms with Gasteiger partial charge in [-0.25, -0.2) is 0 Å². The summed E-state index contributed by atoms with van der Waals surface area (Å²) < 4.78 is 16.9. The predicted molar refractivity (Wildman–Crippen MR) is 353 cm³/mol. The van der Waals surface area contributed by atoms with Crippen molar-refractivity contribution in [3.8, 4) is 0 Å². The second kappa shape index (κ2) is 68.3. The topological polar surface area (TPSA) is 78.9 Å². The number of hydrogen-bond donors (Lipinski definition) is 0. The molecule has 0 aliphatic heterocycles. The van der Waals surface area contributed by atoms with Crippen LogP contribution in [0.25, 0.3) is 0 Å². The molecular weight excluding hydrogens is 997 g/mol. The third-order valence-corrected chi connectivity index (χ3v) is 14.4.